The van der Waals surface area contributed by atoms with Gasteiger partial charge in [0, 0.05) is 23.2 Å². The van der Waals surface area contributed by atoms with E-state index in [9.17, 15) is 4.79 Å². The number of nitrogens with one attached hydrogen (secondary N) is 1. The van der Waals surface area contributed by atoms with Crippen molar-refractivity contribution in [3.63, 3.8) is 0 Å². The minimum absolute atomic E-state index is 0.0898. The Hall–Kier alpha value is -3.02. The highest BCUT2D eigenvalue weighted by Gasteiger charge is 2.31. The second kappa shape index (κ2) is 7.78. The van der Waals surface area contributed by atoms with E-state index in [0.717, 1.165) is 54.0 Å². The largest absolute Gasteiger partial charge is 0.494 e. The first-order valence-corrected chi connectivity index (χ1v) is 10.4. The van der Waals surface area contributed by atoms with Crippen LogP contribution in [-0.4, -0.2) is 24.1 Å². The van der Waals surface area contributed by atoms with E-state index in [2.05, 4.69) is 10.3 Å². The molecule has 2 aromatic rings. The van der Waals surface area contributed by atoms with Gasteiger partial charge in [-0.25, -0.2) is 4.98 Å². The first kappa shape index (κ1) is 18.0. The molecule has 1 aromatic heterocycles. The number of pyridine rings is 1. The molecule has 1 N–H and O–H groups in total. The number of fused-ring (bicyclic) bond motifs is 2. The Morgan fingerprint density at radius 3 is 2.86 bits per heavy atom. The van der Waals surface area contributed by atoms with Crippen molar-refractivity contribution >= 4 is 28.9 Å². The number of amides is 1. The smallest absolute Gasteiger partial charge is 0.230 e. The molecule has 1 amide bonds. The van der Waals surface area contributed by atoms with Crippen molar-refractivity contribution in [2.45, 2.75) is 38.6 Å². The molecule has 1 aromatic carbocycles. The van der Waals surface area contributed by atoms with Crippen LogP contribution in [-0.2, 0) is 20.8 Å². The summed E-state index contributed by atoms with van der Waals surface area (Å²) < 4.78 is 11.2. The minimum Gasteiger partial charge on any atom is -0.494 e. The molecule has 1 fully saturated rings. The highest BCUT2D eigenvalue weighted by Crippen LogP contribution is 2.39. The van der Waals surface area contributed by atoms with Gasteiger partial charge < -0.3 is 19.7 Å². The molecule has 0 bridgehead atoms. The lowest BCUT2D eigenvalue weighted by atomic mass is 9.88. The minimum atomic E-state index is 0.0898. The number of nitrogens with zero attached hydrogens (tertiary/aromatic N) is 2. The van der Waals surface area contributed by atoms with Crippen molar-refractivity contribution in [2.24, 2.45) is 5.92 Å². The molecule has 150 valence electrons. The lowest BCUT2D eigenvalue weighted by Gasteiger charge is -2.30. The zero-order valence-electron chi connectivity index (χ0n) is 16.4. The summed E-state index contributed by atoms with van der Waals surface area (Å²) in [7, 11) is 0. The summed E-state index contributed by atoms with van der Waals surface area (Å²) in [6.45, 7) is 1.60. The molecule has 29 heavy (non-hydrogen) atoms. The number of hydrogen-bond donors (Lipinski definition) is 1. The van der Waals surface area contributed by atoms with Crippen LogP contribution in [0.15, 0.2) is 42.8 Å². The third-order valence-electron chi connectivity index (χ3n) is 5.92. The van der Waals surface area contributed by atoms with E-state index in [4.69, 9.17) is 9.47 Å². The average Bonchev–Trinajstić information content (AvgIpc) is 2.96. The number of carbonyl (C=O) groups is 1. The monoisotopic (exact) mass is 391 g/mol. The third kappa shape index (κ3) is 3.55. The number of aromatic nitrogens is 1. The van der Waals surface area contributed by atoms with E-state index < -0.39 is 0 Å². The molecular weight excluding hydrogens is 366 g/mol. The van der Waals surface area contributed by atoms with Gasteiger partial charge in [0.05, 0.1) is 17.9 Å². The molecule has 1 saturated carbocycles. The van der Waals surface area contributed by atoms with Crippen LogP contribution in [0, 0.1) is 5.92 Å². The van der Waals surface area contributed by atoms with Crippen LogP contribution < -0.4 is 10.2 Å². The number of rotatable bonds is 2. The summed E-state index contributed by atoms with van der Waals surface area (Å²) in [5, 5.41) is 3.42. The second-order valence-electron chi connectivity index (χ2n) is 7.83. The topological polar surface area (TPSA) is 63.7 Å². The summed E-state index contributed by atoms with van der Waals surface area (Å²) in [5.74, 6) is 1.80. The predicted molar refractivity (Wildman–Crippen MR) is 112 cm³/mol. The summed E-state index contributed by atoms with van der Waals surface area (Å²) in [6, 6.07) is 9.96. The first-order valence-electron chi connectivity index (χ1n) is 10.4. The van der Waals surface area contributed by atoms with E-state index in [1.165, 1.54) is 6.42 Å². The van der Waals surface area contributed by atoms with Crippen molar-refractivity contribution < 1.29 is 14.3 Å². The molecule has 0 saturated heterocycles. The van der Waals surface area contributed by atoms with Gasteiger partial charge in [0.25, 0.3) is 0 Å². The third-order valence-corrected chi connectivity index (χ3v) is 5.92. The van der Waals surface area contributed by atoms with Gasteiger partial charge in [-0.1, -0.05) is 25.3 Å². The highest BCUT2D eigenvalue weighted by atomic mass is 16.6. The van der Waals surface area contributed by atoms with Crippen molar-refractivity contribution in [1.82, 2.24) is 4.98 Å². The SMILES string of the molecule is O=C(C1CCCCC1)N1Cc2cccnc2Nc2ccc(C3=COCCO3)cc21. The summed E-state index contributed by atoms with van der Waals surface area (Å²) in [5.41, 5.74) is 3.68. The van der Waals surface area contributed by atoms with Crippen LogP contribution in [0.4, 0.5) is 17.2 Å². The molecule has 3 aliphatic rings. The van der Waals surface area contributed by atoms with Gasteiger partial charge in [-0.2, -0.15) is 0 Å². The molecule has 2 aliphatic heterocycles. The fourth-order valence-corrected chi connectivity index (χ4v) is 4.36. The Labute approximate surface area is 170 Å². The molecule has 0 spiro atoms. The molecule has 1 aliphatic carbocycles. The normalized spacial score (nSPS) is 18.9. The molecule has 0 atom stereocenters. The van der Waals surface area contributed by atoms with E-state index in [1.807, 2.05) is 35.2 Å². The fraction of sp³-hybridized carbons (Fsp3) is 0.391. The second-order valence-corrected chi connectivity index (χ2v) is 7.83. The molecular formula is C23H25N3O3. The number of carbonyl (C=O) groups excluding carboxylic acids is 1. The summed E-state index contributed by atoms with van der Waals surface area (Å²) in [6.07, 6.45) is 8.86. The molecule has 3 heterocycles. The van der Waals surface area contributed by atoms with Gasteiger partial charge >= 0.3 is 0 Å². The standard InChI is InChI=1S/C23H25N3O3/c27-23(16-5-2-1-3-6-16)26-14-18-7-4-10-24-22(18)25-19-9-8-17(13-20(19)26)21-15-28-11-12-29-21/h4,7-10,13,15-16H,1-3,5-6,11-12,14H2,(H,24,25). The lowest BCUT2D eigenvalue weighted by molar-refractivity contribution is -0.123. The highest BCUT2D eigenvalue weighted by molar-refractivity contribution is 6.00. The number of hydrogen-bond acceptors (Lipinski definition) is 5. The van der Waals surface area contributed by atoms with Crippen LogP contribution in [0.25, 0.3) is 5.76 Å². The predicted octanol–water partition coefficient (Wildman–Crippen LogP) is 4.60. The Morgan fingerprint density at radius 2 is 2.03 bits per heavy atom. The van der Waals surface area contributed by atoms with Crippen molar-refractivity contribution in [3.8, 4) is 0 Å². The lowest BCUT2D eigenvalue weighted by Crippen LogP contribution is -2.36. The van der Waals surface area contributed by atoms with Crippen LogP contribution in [0.1, 0.15) is 43.2 Å². The maximum atomic E-state index is 13.6. The van der Waals surface area contributed by atoms with Crippen molar-refractivity contribution in [2.75, 3.05) is 23.4 Å². The molecule has 0 radical (unpaired) electrons. The number of benzene rings is 1. The fourth-order valence-electron chi connectivity index (χ4n) is 4.36. The zero-order valence-corrected chi connectivity index (χ0v) is 16.4. The van der Waals surface area contributed by atoms with Gasteiger partial charge in [0.15, 0.2) is 5.76 Å². The van der Waals surface area contributed by atoms with Gasteiger partial charge in [-0.3, -0.25) is 4.79 Å². The summed E-state index contributed by atoms with van der Waals surface area (Å²) >= 11 is 0. The van der Waals surface area contributed by atoms with Gasteiger partial charge in [0.2, 0.25) is 5.91 Å². The Kier molecular flexibility index (Phi) is 4.84. The van der Waals surface area contributed by atoms with E-state index in [-0.39, 0.29) is 11.8 Å². The molecule has 0 unspecified atom stereocenters. The maximum Gasteiger partial charge on any atom is 0.230 e. The van der Waals surface area contributed by atoms with E-state index in [1.54, 1.807) is 12.5 Å². The number of ether oxygens (including phenoxy) is 2. The maximum absolute atomic E-state index is 13.6. The van der Waals surface area contributed by atoms with Crippen molar-refractivity contribution in [1.29, 1.82) is 0 Å². The van der Waals surface area contributed by atoms with Gasteiger partial charge in [-0.05, 0) is 37.1 Å². The number of anilines is 3. The Bertz CT molecular complexity index is 950. The van der Waals surface area contributed by atoms with Gasteiger partial charge in [-0.15, -0.1) is 0 Å². The van der Waals surface area contributed by atoms with Gasteiger partial charge in [0.1, 0.15) is 25.3 Å². The van der Waals surface area contributed by atoms with Crippen LogP contribution in [0.3, 0.4) is 0 Å². The quantitative estimate of drug-likeness (QED) is 0.811. The molecule has 6 nitrogen and oxygen atoms in total. The van der Waals surface area contributed by atoms with E-state index >= 15 is 0 Å². The first-order chi connectivity index (χ1) is 14.3. The Balaban J connectivity index is 1.57. The van der Waals surface area contributed by atoms with Crippen LogP contribution >= 0.6 is 0 Å². The Morgan fingerprint density at radius 1 is 1.14 bits per heavy atom. The molecule has 5 rings (SSSR count). The van der Waals surface area contributed by atoms with Crippen molar-refractivity contribution in [3.05, 3.63) is 53.9 Å². The molecule has 6 heteroatoms. The zero-order chi connectivity index (χ0) is 19.6. The van der Waals surface area contributed by atoms with Crippen LogP contribution in [0.2, 0.25) is 0 Å². The average molecular weight is 391 g/mol. The van der Waals surface area contributed by atoms with E-state index in [0.29, 0.717) is 25.5 Å². The summed E-state index contributed by atoms with van der Waals surface area (Å²) in [4.78, 5) is 20.0. The van der Waals surface area contributed by atoms with Crippen LogP contribution in [0.5, 0.6) is 0 Å².